The maximum Gasteiger partial charge on any atom is 0.298 e. The summed E-state index contributed by atoms with van der Waals surface area (Å²) in [6.07, 6.45) is 3.04. The fourth-order valence-electron chi connectivity index (χ4n) is 2.30. The number of benzene rings is 2. The lowest BCUT2D eigenvalue weighted by atomic mass is 10.1. The summed E-state index contributed by atoms with van der Waals surface area (Å²) < 4.78 is 32.5. The van der Waals surface area contributed by atoms with Crippen LogP contribution in [-0.2, 0) is 10.1 Å². The molecule has 0 saturated carbocycles. The highest BCUT2D eigenvalue weighted by Gasteiger charge is 2.22. The molecule has 0 heterocycles. The van der Waals surface area contributed by atoms with Gasteiger partial charge in [0.2, 0.25) is 0 Å². The van der Waals surface area contributed by atoms with Crippen LogP contribution >= 0.6 is 0 Å². The molecule has 0 atom stereocenters. The average molecular weight is 309 g/mol. The summed E-state index contributed by atoms with van der Waals surface area (Å²) in [6, 6.07) is 8.41. The van der Waals surface area contributed by atoms with Crippen molar-refractivity contribution in [1.29, 1.82) is 0 Å². The molecule has 21 heavy (non-hydrogen) atoms. The minimum absolute atomic E-state index is 0.302. The summed E-state index contributed by atoms with van der Waals surface area (Å²) in [5.74, 6) is -0.437. The molecule has 0 aliphatic rings. The first-order chi connectivity index (χ1) is 9.95. The Balaban J connectivity index is 2.50. The van der Waals surface area contributed by atoms with Gasteiger partial charge in [-0.05, 0) is 17.9 Å². The standard InChI is InChI=1S/C15H19NO4S/c1-2-3-6-9-16-13-10-11-7-4-5-8-12(11)15(14(13)17)21(18,19)20/h4-5,7-8,10,16-17H,2-3,6,9H2,1H3,(H,18,19,20). The Morgan fingerprint density at radius 3 is 2.57 bits per heavy atom. The van der Waals surface area contributed by atoms with Gasteiger partial charge in [-0.25, -0.2) is 0 Å². The van der Waals surface area contributed by atoms with Gasteiger partial charge in [-0.3, -0.25) is 4.55 Å². The number of aromatic hydroxyl groups is 1. The number of fused-ring (bicyclic) bond motifs is 1. The third-order valence-electron chi connectivity index (χ3n) is 3.33. The van der Waals surface area contributed by atoms with Gasteiger partial charge in [-0.15, -0.1) is 0 Å². The summed E-state index contributed by atoms with van der Waals surface area (Å²) in [6.45, 7) is 2.72. The number of rotatable bonds is 6. The average Bonchev–Trinajstić information content (AvgIpc) is 2.42. The lowest BCUT2D eigenvalue weighted by molar-refractivity contribution is 0.447. The van der Waals surface area contributed by atoms with Crippen LogP contribution in [0.3, 0.4) is 0 Å². The van der Waals surface area contributed by atoms with Gasteiger partial charge in [0.1, 0.15) is 4.90 Å². The molecule has 0 fully saturated rings. The fraction of sp³-hybridized carbons (Fsp3) is 0.333. The van der Waals surface area contributed by atoms with Gasteiger partial charge in [0.05, 0.1) is 5.69 Å². The van der Waals surface area contributed by atoms with Crippen molar-refractivity contribution in [3.63, 3.8) is 0 Å². The van der Waals surface area contributed by atoms with Gasteiger partial charge in [0.25, 0.3) is 10.1 Å². The molecule has 0 spiro atoms. The highest BCUT2D eigenvalue weighted by Crippen LogP contribution is 2.37. The molecule has 2 aromatic rings. The Bertz CT molecular complexity index is 741. The SMILES string of the molecule is CCCCCNc1cc2ccccc2c(S(=O)(=O)O)c1O. The molecule has 0 radical (unpaired) electrons. The van der Waals surface area contributed by atoms with E-state index in [0.717, 1.165) is 19.3 Å². The first kappa shape index (κ1) is 15.6. The normalized spacial score (nSPS) is 11.7. The predicted octanol–water partition coefficient (Wildman–Crippen LogP) is 3.39. The Labute approximate surface area is 124 Å². The zero-order valence-corrected chi connectivity index (χ0v) is 12.7. The van der Waals surface area contributed by atoms with E-state index in [2.05, 4.69) is 12.2 Å². The Hall–Kier alpha value is -1.79. The smallest absolute Gasteiger partial charge is 0.298 e. The summed E-state index contributed by atoms with van der Waals surface area (Å²) in [5, 5.41) is 14.1. The molecule has 2 rings (SSSR count). The Morgan fingerprint density at radius 1 is 1.19 bits per heavy atom. The molecule has 0 aromatic heterocycles. The monoisotopic (exact) mass is 309 g/mol. The second-order valence-electron chi connectivity index (χ2n) is 4.93. The molecule has 0 amide bonds. The van der Waals surface area contributed by atoms with E-state index in [9.17, 15) is 18.1 Å². The van der Waals surface area contributed by atoms with Crippen molar-refractivity contribution in [2.75, 3.05) is 11.9 Å². The number of hydrogen-bond donors (Lipinski definition) is 3. The van der Waals surface area contributed by atoms with Crippen molar-refractivity contribution < 1.29 is 18.1 Å². The van der Waals surface area contributed by atoms with Crippen LogP contribution in [0.5, 0.6) is 5.75 Å². The molecule has 0 aliphatic heterocycles. The quantitative estimate of drug-likeness (QED) is 0.432. The lowest BCUT2D eigenvalue weighted by Gasteiger charge is -2.13. The summed E-state index contributed by atoms with van der Waals surface area (Å²) in [5.41, 5.74) is 0.317. The van der Waals surface area contributed by atoms with Gasteiger partial charge in [-0.2, -0.15) is 8.42 Å². The fourth-order valence-corrected chi connectivity index (χ4v) is 3.12. The van der Waals surface area contributed by atoms with Crippen LogP contribution in [0.15, 0.2) is 35.2 Å². The first-order valence-electron chi connectivity index (χ1n) is 6.91. The molecular weight excluding hydrogens is 290 g/mol. The maximum absolute atomic E-state index is 11.6. The number of anilines is 1. The number of phenols is 1. The number of unbranched alkanes of at least 4 members (excludes halogenated alkanes) is 2. The first-order valence-corrected chi connectivity index (χ1v) is 8.35. The Kier molecular flexibility index (Phi) is 4.69. The molecule has 3 N–H and O–H groups in total. The van der Waals surface area contributed by atoms with Crippen LogP contribution in [0, 0.1) is 0 Å². The minimum atomic E-state index is -4.51. The minimum Gasteiger partial charge on any atom is -0.504 e. The van der Waals surface area contributed by atoms with Crippen LogP contribution < -0.4 is 5.32 Å². The highest BCUT2D eigenvalue weighted by atomic mass is 32.2. The van der Waals surface area contributed by atoms with Gasteiger partial charge in [0, 0.05) is 11.9 Å². The number of hydrogen-bond acceptors (Lipinski definition) is 4. The molecule has 0 unspecified atom stereocenters. The summed E-state index contributed by atoms with van der Waals surface area (Å²) >= 11 is 0. The van der Waals surface area contributed by atoms with Crippen LogP contribution in [0.25, 0.3) is 10.8 Å². The lowest BCUT2D eigenvalue weighted by Crippen LogP contribution is -2.05. The van der Waals surface area contributed by atoms with E-state index in [1.807, 2.05) is 0 Å². The molecule has 0 bridgehead atoms. The largest absolute Gasteiger partial charge is 0.504 e. The molecule has 2 aromatic carbocycles. The van der Waals surface area contributed by atoms with E-state index in [0.29, 0.717) is 23.0 Å². The van der Waals surface area contributed by atoms with Crippen LogP contribution in [-0.4, -0.2) is 24.6 Å². The highest BCUT2D eigenvalue weighted by molar-refractivity contribution is 7.86. The second kappa shape index (κ2) is 6.32. The van der Waals surface area contributed by atoms with E-state index in [1.165, 1.54) is 0 Å². The molecule has 0 saturated heterocycles. The molecule has 6 heteroatoms. The van der Waals surface area contributed by atoms with Gasteiger partial charge >= 0.3 is 0 Å². The second-order valence-corrected chi connectivity index (χ2v) is 6.29. The van der Waals surface area contributed by atoms with Crippen LogP contribution in [0.2, 0.25) is 0 Å². The Morgan fingerprint density at radius 2 is 1.90 bits per heavy atom. The number of nitrogens with one attached hydrogen (secondary N) is 1. The zero-order chi connectivity index (χ0) is 15.5. The molecule has 5 nitrogen and oxygen atoms in total. The van der Waals surface area contributed by atoms with E-state index < -0.39 is 20.8 Å². The van der Waals surface area contributed by atoms with Crippen molar-refractivity contribution in [2.45, 2.75) is 31.1 Å². The van der Waals surface area contributed by atoms with Gasteiger partial charge < -0.3 is 10.4 Å². The third-order valence-corrected chi connectivity index (χ3v) is 4.26. The molecule has 114 valence electrons. The van der Waals surface area contributed by atoms with Crippen molar-refractivity contribution in [3.8, 4) is 5.75 Å². The van der Waals surface area contributed by atoms with E-state index in [1.54, 1.807) is 30.3 Å². The van der Waals surface area contributed by atoms with Crippen molar-refractivity contribution >= 4 is 26.6 Å². The number of phenolic OH excluding ortho intramolecular Hbond substituents is 1. The van der Waals surface area contributed by atoms with Crippen molar-refractivity contribution in [2.24, 2.45) is 0 Å². The van der Waals surface area contributed by atoms with Crippen LogP contribution in [0.4, 0.5) is 5.69 Å². The van der Waals surface area contributed by atoms with Crippen LogP contribution in [0.1, 0.15) is 26.2 Å². The van der Waals surface area contributed by atoms with Gasteiger partial charge in [0.15, 0.2) is 5.75 Å². The van der Waals surface area contributed by atoms with Crippen molar-refractivity contribution in [3.05, 3.63) is 30.3 Å². The van der Waals surface area contributed by atoms with E-state index in [4.69, 9.17) is 0 Å². The maximum atomic E-state index is 11.6. The summed E-state index contributed by atoms with van der Waals surface area (Å²) in [4.78, 5) is -0.446. The zero-order valence-electron chi connectivity index (χ0n) is 11.8. The topological polar surface area (TPSA) is 86.6 Å². The molecular formula is C15H19NO4S. The van der Waals surface area contributed by atoms with E-state index in [-0.39, 0.29) is 0 Å². The van der Waals surface area contributed by atoms with Crippen molar-refractivity contribution in [1.82, 2.24) is 0 Å². The predicted molar refractivity (Wildman–Crippen MR) is 83.4 cm³/mol. The van der Waals surface area contributed by atoms with Gasteiger partial charge in [-0.1, -0.05) is 44.0 Å². The third kappa shape index (κ3) is 3.46. The molecule has 0 aliphatic carbocycles. The summed E-state index contributed by atoms with van der Waals surface area (Å²) in [7, 11) is -4.51. The van der Waals surface area contributed by atoms with E-state index >= 15 is 0 Å².